The van der Waals surface area contributed by atoms with Gasteiger partial charge in [-0.25, -0.2) is 4.98 Å². The highest BCUT2D eigenvalue weighted by Crippen LogP contribution is 2.38. The molecular formula is C14H22N2OS. The fourth-order valence-corrected chi connectivity index (χ4v) is 4.12. The Morgan fingerprint density at radius 3 is 3.00 bits per heavy atom. The second kappa shape index (κ2) is 5.27. The minimum Gasteiger partial charge on any atom is -0.396 e. The van der Waals surface area contributed by atoms with E-state index in [2.05, 4.69) is 17.2 Å². The largest absolute Gasteiger partial charge is 0.396 e. The number of fused-ring (bicyclic) bond motifs is 1. The molecule has 1 saturated carbocycles. The van der Waals surface area contributed by atoms with Crippen LogP contribution in [0.5, 0.6) is 0 Å². The van der Waals surface area contributed by atoms with E-state index in [0.717, 1.165) is 18.8 Å². The van der Waals surface area contributed by atoms with E-state index in [9.17, 15) is 5.11 Å². The summed E-state index contributed by atoms with van der Waals surface area (Å²) in [6.45, 7) is 2.40. The van der Waals surface area contributed by atoms with Crippen molar-refractivity contribution in [2.75, 3.05) is 6.61 Å². The zero-order valence-corrected chi connectivity index (χ0v) is 11.8. The van der Waals surface area contributed by atoms with E-state index in [1.54, 1.807) is 0 Å². The zero-order chi connectivity index (χ0) is 12.5. The quantitative estimate of drug-likeness (QED) is 0.861. The average Bonchev–Trinajstić information content (AvgIpc) is 3.11. The monoisotopic (exact) mass is 266 g/mol. The van der Waals surface area contributed by atoms with E-state index in [1.807, 2.05) is 11.3 Å². The zero-order valence-electron chi connectivity index (χ0n) is 11.0. The van der Waals surface area contributed by atoms with Gasteiger partial charge in [-0.15, -0.1) is 11.3 Å². The number of aryl methyl sites for hydroxylation is 2. The van der Waals surface area contributed by atoms with Gasteiger partial charge in [0.25, 0.3) is 0 Å². The van der Waals surface area contributed by atoms with Crippen LogP contribution in [0.4, 0.5) is 0 Å². The maximum absolute atomic E-state index is 9.19. The van der Waals surface area contributed by atoms with E-state index in [0.29, 0.717) is 18.7 Å². The predicted molar refractivity (Wildman–Crippen MR) is 73.9 cm³/mol. The summed E-state index contributed by atoms with van der Waals surface area (Å²) in [5.41, 5.74) is 1.32. The van der Waals surface area contributed by atoms with Crippen LogP contribution in [0.1, 0.15) is 53.7 Å². The normalized spacial score (nSPS) is 24.9. The number of aliphatic hydroxyl groups is 1. The molecule has 1 aromatic rings. The first-order chi connectivity index (χ1) is 8.78. The van der Waals surface area contributed by atoms with Crippen molar-refractivity contribution in [1.82, 2.24) is 10.3 Å². The molecule has 1 fully saturated rings. The fourth-order valence-electron chi connectivity index (χ4n) is 3.05. The lowest BCUT2D eigenvalue weighted by Gasteiger charge is -2.28. The van der Waals surface area contributed by atoms with E-state index >= 15 is 0 Å². The van der Waals surface area contributed by atoms with Crippen molar-refractivity contribution in [3.05, 3.63) is 15.6 Å². The molecule has 0 spiro atoms. The SMILES string of the molecule is Cc1nc2c(s1)C(NC(CCO)C1CC1)CCC2. The molecule has 3 nitrogen and oxygen atoms in total. The van der Waals surface area contributed by atoms with Crippen molar-refractivity contribution in [1.29, 1.82) is 0 Å². The number of rotatable bonds is 5. The lowest BCUT2D eigenvalue weighted by Crippen LogP contribution is -2.36. The van der Waals surface area contributed by atoms with Gasteiger partial charge < -0.3 is 10.4 Å². The van der Waals surface area contributed by atoms with Crippen molar-refractivity contribution in [2.45, 2.75) is 57.5 Å². The number of hydrogen-bond donors (Lipinski definition) is 2. The molecule has 0 saturated heterocycles. The Morgan fingerprint density at radius 2 is 2.28 bits per heavy atom. The van der Waals surface area contributed by atoms with Crippen LogP contribution in [0.3, 0.4) is 0 Å². The minimum absolute atomic E-state index is 0.301. The molecule has 18 heavy (non-hydrogen) atoms. The Morgan fingerprint density at radius 1 is 1.44 bits per heavy atom. The van der Waals surface area contributed by atoms with Crippen LogP contribution in [0, 0.1) is 12.8 Å². The first kappa shape index (κ1) is 12.6. The van der Waals surface area contributed by atoms with E-state index < -0.39 is 0 Å². The summed E-state index contributed by atoms with van der Waals surface area (Å²) in [7, 11) is 0. The Kier molecular flexibility index (Phi) is 3.68. The lowest BCUT2D eigenvalue weighted by molar-refractivity contribution is 0.245. The summed E-state index contributed by atoms with van der Waals surface area (Å²) < 4.78 is 0. The molecule has 0 amide bonds. The summed E-state index contributed by atoms with van der Waals surface area (Å²) in [5.74, 6) is 0.802. The van der Waals surface area contributed by atoms with Gasteiger partial charge in [0, 0.05) is 23.6 Å². The molecule has 0 bridgehead atoms. The smallest absolute Gasteiger partial charge is 0.0900 e. The van der Waals surface area contributed by atoms with Gasteiger partial charge in [-0.05, 0) is 51.4 Å². The molecule has 0 aromatic carbocycles. The number of aromatic nitrogens is 1. The van der Waals surface area contributed by atoms with Crippen LogP contribution in [0.25, 0.3) is 0 Å². The van der Waals surface area contributed by atoms with Crippen molar-refractivity contribution < 1.29 is 5.11 Å². The molecule has 4 heteroatoms. The minimum atomic E-state index is 0.301. The Bertz CT molecular complexity index is 414. The molecule has 0 radical (unpaired) electrons. The molecule has 2 aliphatic rings. The maximum Gasteiger partial charge on any atom is 0.0900 e. The van der Waals surface area contributed by atoms with Crippen molar-refractivity contribution >= 4 is 11.3 Å². The topological polar surface area (TPSA) is 45.2 Å². The Hall–Kier alpha value is -0.450. The van der Waals surface area contributed by atoms with Crippen LogP contribution in [0.2, 0.25) is 0 Å². The first-order valence-corrected chi connectivity index (χ1v) is 7.92. The van der Waals surface area contributed by atoms with Crippen LogP contribution in [-0.2, 0) is 6.42 Å². The number of aliphatic hydroxyl groups excluding tert-OH is 1. The summed E-state index contributed by atoms with van der Waals surface area (Å²) >= 11 is 1.85. The van der Waals surface area contributed by atoms with E-state index in [4.69, 9.17) is 0 Å². The Labute approximate surface area is 113 Å². The number of hydrogen-bond acceptors (Lipinski definition) is 4. The summed E-state index contributed by atoms with van der Waals surface area (Å²) in [4.78, 5) is 6.10. The van der Waals surface area contributed by atoms with Crippen molar-refractivity contribution in [3.63, 3.8) is 0 Å². The molecule has 2 unspecified atom stereocenters. The lowest BCUT2D eigenvalue weighted by atomic mass is 9.96. The highest BCUT2D eigenvalue weighted by Gasteiger charge is 2.34. The maximum atomic E-state index is 9.19. The summed E-state index contributed by atoms with van der Waals surface area (Å²) in [5, 5.41) is 14.2. The third-order valence-corrected chi connectivity index (χ3v) is 5.23. The van der Waals surface area contributed by atoms with Gasteiger partial charge >= 0.3 is 0 Å². The third kappa shape index (κ3) is 2.60. The van der Waals surface area contributed by atoms with Crippen LogP contribution in [-0.4, -0.2) is 22.7 Å². The highest BCUT2D eigenvalue weighted by atomic mass is 32.1. The van der Waals surface area contributed by atoms with Crippen LogP contribution in [0.15, 0.2) is 0 Å². The second-order valence-corrected chi connectivity index (χ2v) is 6.85. The first-order valence-electron chi connectivity index (χ1n) is 7.11. The number of nitrogens with one attached hydrogen (secondary N) is 1. The average molecular weight is 266 g/mol. The summed E-state index contributed by atoms with van der Waals surface area (Å²) in [6, 6.07) is 0.991. The van der Waals surface area contributed by atoms with Gasteiger partial charge in [0.2, 0.25) is 0 Å². The fraction of sp³-hybridized carbons (Fsp3) is 0.786. The van der Waals surface area contributed by atoms with E-state index in [-0.39, 0.29) is 0 Å². The molecule has 1 aromatic heterocycles. The third-order valence-electron chi connectivity index (χ3n) is 4.10. The van der Waals surface area contributed by atoms with Gasteiger partial charge in [-0.2, -0.15) is 0 Å². The molecule has 100 valence electrons. The van der Waals surface area contributed by atoms with Crippen LogP contribution < -0.4 is 5.32 Å². The Balaban J connectivity index is 1.72. The molecular weight excluding hydrogens is 244 g/mol. The molecule has 1 heterocycles. The van der Waals surface area contributed by atoms with Gasteiger partial charge in [-0.3, -0.25) is 0 Å². The van der Waals surface area contributed by atoms with Gasteiger partial charge in [0.05, 0.1) is 10.7 Å². The van der Waals surface area contributed by atoms with Gasteiger partial charge in [-0.1, -0.05) is 0 Å². The highest BCUT2D eigenvalue weighted by molar-refractivity contribution is 7.11. The molecule has 3 rings (SSSR count). The number of nitrogens with zero attached hydrogens (tertiary/aromatic N) is 1. The standard InChI is InChI=1S/C14H22N2OS/c1-9-15-12-3-2-4-13(14(12)18-9)16-11(7-8-17)10-5-6-10/h10-11,13,16-17H,2-8H2,1H3. The number of thiazole rings is 1. The predicted octanol–water partition coefficient (Wildman–Crippen LogP) is 2.58. The molecule has 0 aliphatic heterocycles. The summed E-state index contributed by atoms with van der Waals surface area (Å²) in [6.07, 6.45) is 7.17. The van der Waals surface area contributed by atoms with Crippen LogP contribution >= 0.6 is 11.3 Å². The molecule has 2 atom stereocenters. The second-order valence-electron chi connectivity index (χ2n) is 5.61. The van der Waals surface area contributed by atoms with Crippen molar-refractivity contribution in [3.8, 4) is 0 Å². The van der Waals surface area contributed by atoms with E-state index in [1.165, 1.54) is 41.3 Å². The molecule has 2 N–H and O–H groups in total. The van der Waals surface area contributed by atoms with Crippen molar-refractivity contribution in [2.24, 2.45) is 5.92 Å². The molecule has 2 aliphatic carbocycles. The van der Waals surface area contributed by atoms with Gasteiger partial charge in [0.1, 0.15) is 0 Å². The van der Waals surface area contributed by atoms with Gasteiger partial charge in [0.15, 0.2) is 0 Å².